The minimum atomic E-state index is -1.27. The predicted octanol–water partition coefficient (Wildman–Crippen LogP) is 3.32. The van der Waals surface area contributed by atoms with Gasteiger partial charge in [-0.05, 0) is 37.0 Å². The highest BCUT2D eigenvalue weighted by Gasteiger charge is 2.36. The predicted molar refractivity (Wildman–Crippen MR) is 108 cm³/mol. The Balaban J connectivity index is 1.78. The second-order valence-corrected chi connectivity index (χ2v) is 7.27. The second-order valence-electron chi connectivity index (χ2n) is 7.27. The number of amides is 2. The molecule has 0 aromatic heterocycles. The zero-order valence-corrected chi connectivity index (χ0v) is 16.3. The number of hydrogen-bond donors (Lipinski definition) is 1. The molecule has 1 fully saturated rings. The highest BCUT2D eigenvalue weighted by Crippen LogP contribution is 2.38. The van der Waals surface area contributed by atoms with E-state index in [1.54, 1.807) is 24.3 Å². The summed E-state index contributed by atoms with van der Waals surface area (Å²) in [5.74, 6) is 1.17. The van der Waals surface area contributed by atoms with Crippen molar-refractivity contribution in [3.8, 4) is 23.8 Å². The molecule has 2 amide bonds. The lowest BCUT2D eigenvalue weighted by Crippen LogP contribution is -2.46. The fourth-order valence-electron chi connectivity index (χ4n) is 3.93. The number of terminal acetylenes is 1. The van der Waals surface area contributed by atoms with Gasteiger partial charge < -0.3 is 14.8 Å². The normalized spacial score (nSPS) is 16.0. The van der Waals surface area contributed by atoms with E-state index < -0.39 is 23.7 Å². The van der Waals surface area contributed by atoms with E-state index >= 15 is 0 Å². The summed E-state index contributed by atoms with van der Waals surface area (Å²) in [4.78, 5) is 27.2. The minimum absolute atomic E-state index is 0.00804. The Morgan fingerprint density at radius 1 is 1.13 bits per heavy atom. The fraction of sp³-hybridized carbons (Fsp3) is 0.304. The van der Waals surface area contributed by atoms with E-state index in [1.807, 2.05) is 0 Å². The van der Waals surface area contributed by atoms with Crippen molar-refractivity contribution in [1.82, 2.24) is 5.32 Å². The topological polar surface area (TPSA) is 67.9 Å². The van der Waals surface area contributed by atoms with Crippen molar-refractivity contribution >= 4 is 17.5 Å². The smallest absolute Gasteiger partial charge is 0.303 e. The monoisotopic (exact) mass is 408 g/mol. The number of benzene rings is 2. The van der Waals surface area contributed by atoms with Crippen LogP contribution in [0.25, 0.3) is 0 Å². The van der Waals surface area contributed by atoms with Crippen LogP contribution in [0, 0.1) is 18.2 Å². The molecule has 2 aromatic rings. The standard InChI is InChI=1S/C23H21FN2O4/c1-2-21(27)26(16-11-12-19-20(13-16)30-14-29-19)22(17-9-5-6-10-18(17)24)23(28)25-15-7-3-4-8-15/h1,5-6,9-13,15,22H,3-4,7-8,14H2,(H,25,28)/t22-/m0/s1. The van der Waals surface area contributed by atoms with Crippen molar-refractivity contribution in [3.63, 3.8) is 0 Å². The number of carbonyl (C=O) groups is 2. The van der Waals surface area contributed by atoms with Crippen LogP contribution in [0.1, 0.15) is 37.3 Å². The summed E-state index contributed by atoms with van der Waals surface area (Å²) in [7, 11) is 0. The van der Waals surface area contributed by atoms with Crippen molar-refractivity contribution in [2.45, 2.75) is 37.8 Å². The van der Waals surface area contributed by atoms with Crippen molar-refractivity contribution in [1.29, 1.82) is 0 Å². The molecule has 0 spiro atoms. The maximum absolute atomic E-state index is 14.8. The Hall–Kier alpha value is -3.53. The molecular formula is C23H21FN2O4. The van der Waals surface area contributed by atoms with Gasteiger partial charge in [0.25, 0.3) is 0 Å². The number of halogens is 1. The van der Waals surface area contributed by atoms with Gasteiger partial charge in [-0.15, -0.1) is 6.42 Å². The van der Waals surface area contributed by atoms with Crippen LogP contribution in [0.15, 0.2) is 42.5 Å². The van der Waals surface area contributed by atoms with Gasteiger partial charge in [-0.2, -0.15) is 0 Å². The van der Waals surface area contributed by atoms with Crippen molar-refractivity contribution in [2.24, 2.45) is 0 Å². The molecule has 7 heteroatoms. The molecule has 1 aliphatic carbocycles. The largest absolute Gasteiger partial charge is 0.454 e. The average molecular weight is 408 g/mol. The van der Waals surface area contributed by atoms with E-state index in [0.717, 1.165) is 30.6 Å². The lowest BCUT2D eigenvalue weighted by molar-refractivity contribution is -0.125. The molecule has 6 nitrogen and oxygen atoms in total. The van der Waals surface area contributed by atoms with Crippen LogP contribution >= 0.6 is 0 Å². The van der Waals surface area contributed by atoms with E-state index in [2.05, 4.69) is 11.2 Å². The van der Waals surface area contributed by atoms with Crippen LogP contribution in [-0.4, -0.2) is 24.6 Å². The van der Waals surface area contributed by atoms with Gasteiger partial charge in [0.15, 0.2) is 11.5 Å². The van der Waals surface area contributed by atoms with E-state index in [0.29, 0.717) is 17.2 Å². The van der Waals surface area contributed by atoms with Crippen LogP contribution in [0.5, 0.6) is 11.5 Å². The Kier molecular flexibility index (Phi) is 5.57. The molecule has 0 bridgehead atoms. The minimum Gasteiger partial charge on any atom is -0.454 e. The summed E-state index contributed by atoms with van der Waals surface area (Å²) in [6, 6.07) is 9.39. The third-order valence-corrected chi connectivity index (χ3v) is 5.38. The molecule has 1 atom stereocenters. The Labute approximate surface area is 174 Å². The number of anilines is 1. The first-order valence-corrected chi connectivity index (χ1v) is 9.82. The molecule has 30 heavy (non-hydrogen) atoms. The van der Waals surface area contributed by atoms with Gasteiger partial charge in [-0.25, -0.2) is 4.39 Å². The second kappa shape index (κ2) is 8.46. The van der Waals surface area contributed by atoms with Crippen LogP contribution < -0.4 is 19.7 Å². The highest BCUT2D eigenvalue weighted by molar-refractivity contribution is 6.09. The molecule has 154 valence electrons. The number of nitrogens with one attached hydrogen (secondary N) is 1. The summed E-state index contributed by atoms with van der Waals surface area (Å²) in [5.41, 5.74) is 0.381. The number of nitrogens with zero attached hydrogens (tertiary/aromatic N) is 1. The molecule has 4 rings (SSSR count). The Morgan fingerprint density at radius 3 is 2.60 bits per heavy atom. The van der Waals surface area contributed by atoms with Gasteiger partial charge in [0.2, 0.25) is 12.7 Å². The van der Waals surface area contributed by atoms with Crippen LogP contribution in [0.2, 0.25) is 0 Å². The number of rotatable bonds is 5. The van der Waals surface area contributed by atoms with Gasteiger partial charge in [-0.1, -0.05) is 31.0 Å². The average Bonchev–Trinajstić information content (AvgIpc) is 3.43. The molecule has 2 aliphatic rings. The summed E-state index contributed by atoms with van der Waals surface area (Å²) < 4.78 is 25.5. The van der Waals surface area contributed by atoms with Gasteiger partial charge in [0, 0.05) is 23.4 Å². The molecule has 0 unspecified atom stereocenters. The summed E-state index contributed by atoms with van der Waals surface area (Å²) in [5, 5.41) is 2.96. The summed E-state index contributed by atoms with van der Waals surface area (Å²) >= 11 is 0. The first kappa shape index (κ1) is 19.8. The molecule has 1 aliphatic heterocycles. The first-order valence-electron chi connectivity index (χ1n) is 9.82. The number of carbonyl (C=O) groups excluding carboxylic acids is 2. The molecule has 1 heterocycles. The zero-order valence-electron chi connectivity index (χ0n) is 16.3. The fourth-order valence-corrected chi connectivity index (χ4v) is 3.93. The summed E-state index contributed by atoms with van der Waals surface area (Å²) in [6.45, 7) is 0.0563. The SMILES string of the molecule is C#CC(=O)N(c1ccc2c(c1)OCO2)[C@H](C(=O)NC1CCCC1)c1ccccc1F. The molecule has 1 saturated carbocycles. The lowest BCUT2D eigenvalue weighted by atomic mass is 10.0. The molecule has 1 N–H and O–H groups in total. The Morgan fingerprint density at radius 2 is 1.87 bits per heavy atom. The maximum Gasteiger partial charge on any atom is 0.303 e. The number of hydrogen-bond acceptors (Lipinski definition) is 4. The van der Waals surface area contributed by atoms with E-state index in [-0.39, 0.29) is 18.4 Å². The van der Waals surface area contributed by atoms with E-state index in [1.165, 1.54) is 18.2 Å². The van der Waals surface area contributed by atoms with Gasteiger partial charge >= 0.3 is 5.91 Å². The maximum atomic E-state index is 14.8. The number of fused-ring (bicyclic) bond motifs is 1. The van der Waals surface area contributed by atoms with Crippen LogP contribution in [-0.2, 0) is 9.59 Å². The molecule has 2 aromatic carbocycles. The van der Waals surface area contributed by atoms with Gasteiger partial charge in [0.1, 0.15) is 11.9 Å². The van der Waals surface area contributed by atoms with E-state index in [9.17, 15) is 14.0 Å². The Bertz CT molecular complexity index is 1010. The lowest BCUT2D eigenvalue weighted by Gasteiger charge is -2.31. The zero-order chi connectivity index (χ0) is 21.1. The van der Waals surface area contributed by atoms with Crippen molar-refractivity contribution in [3.05, 3.63) is 53.8 Å². The van der Waals surface area contributed by atoms with E-state index in [4.69, 9.17) is 15.9 Å². The van der Waals surface area contributed by atoms with Crippen LogP contribution in [0.4, 0.5) is 10.1 Å². The van der Waals surface area contributed by atoms with Gasteiger partial charge in [-0.3, -0.25) is 14.5 Å². The number of ether oxygens (including phenoxy) is 2. The first-order chi connectivity index (χ1) is 14.6. The summed E-state index contributed by atoms with van der Waals surface area (Å²) in [6.07, 6.45) is 9.15. The van der Waals surface area contributed by atoms with Crippen molar-refractivity contribution in [2.75, 3.05) is 11.7 Å². The molecular weight excluding hydrogens is 387 g/mol. The third kappa shape index (κ3) is 3.81. The molecule has 0 radical (unpaired) electrons. The third-order valence-electron chi connectivity index (χ3n) is 5.38. The quantitative estimate of drug-likeness (QED) is 0.771. The molecule has 0 saturated heterocycles. The highest BCUT2D eigenvalue weighted by atomic mass is 19.1. The van der Waals surface area contributed by atoms with Gasteiger partial charge in [0.05, 0.1) is 0 Å². The van der Waals surface area contributed by atoms with Crippen molar-refractivity contribution < 1.29 is 23.5 Å². The van der Waals surface area contributed by atoms with Crippen LogP contribution in [0.3, 0.4) is 0 Å².